The van der Waals surface area contributed by atoms with Gasteiger partial charge in [-0.3, -0.25) is 0 Å². The zero-order valence-electron chi connectivity index (χ0n) is 13.1. The number of rotatable bonds is 6. The number of aryl methyl sites for hydroxylation is 2. The van der Waals surface area contributed by atoms with Crippen LogP contribution in [0.15, 0.2) is 12.4 Å². The number of aromatic nitrogens is 1. The van der Waals surface area contributed by atoms with Crippen LogP contribution in [0.3, 0.4) is 0 Å². The van der Waals surface area contributed by atoms with Crippen molar-refractivity contribution in [1.82, 2.24) is 9.88 Å². The molecule has 1 aromatic heterocycles. The number of hydrogen-bond donors (Lipinski definition) is 1. The molecule has 3 heteroatoms. The molecule has 0 aliphatic heterocycles. The number of fused-ring (bicyclic) bond motifs is 1. The van der Waals surface area contributed by atoms with E-state index in [9.17, 15) is 0 Å². The van der Waals surface area contributed by atoms with Gasteiger partial charge in [0.05, 0.1) is 11.5 Å². The van der Waals surface area contributed by atoms with Gasteiger partial charge in [0.1, 0.15) is 0 Å². The minimum atomic E-state index is -0.195. The largest absolute Gasteiger partial charge is 0.354 e. The highest BCUT2D eigenvalue weighted by molar-refractivity contribution is 5.30. The molecule has 0 bridgehead atoms. The molecular weight excluding hydrogens is 246 g/mol. The standard InChI is InChI=1S/C17H27N3/c1-4-19-16-8-5-7-14-11-20(12-15(14)16)10-6-9-17(2,3)13-18/h11-12,16,19H,4-10H2,1-3H3. The molecule has 2 rings (SSSR count). The van der Waals surface area contributed by atoms with Gasteiger partial charge in [-0.15, -0.1) is 0 Å². The van der Waals surface area contributed by atoms with E-state index >= 15 is 0 Å². The third-order valence-corrected chi connectivity index (χ3v) is 4.28. The molecule has 0 spiro atoms. The second-order valence-corrected chi connectivity index (χ2v) is 6.58. The highest BCUT2D eigenvalue weighted by Gasteiger charge is 2.21. The summed E-state index contributed by atoms with van der Waals surface area (Å²) in [5, 5.41) is 12.6. The van der Waals surface area contributed by atoms with Gasteiger partial charge in [-0.25, -0.2) is 0 Å². The third-order valence-electron chi connectivity index (χ3n) is 4.28. The first-order valence-electron chi connectivity index (χ1n) is 7.89. The predicted molar refractivity (Wildman–Crippen MR) is 82.4 cm³/mol. The molecular formula is C17H27N3. The smallest absolute Gasteiger partial charge is 0.0683 e. The molecule has 0 aromatic carbocycles. The lowest BCUT2D eigenvalue weighted by atomic mass is 9.90. The van der Waals surface area contributed by atoms with Gasteiger partial charge in [0.25, 0.3) is 0 Å². The molecule has 1 heterocycles. The summed E-state index contributed by atoms with van der Waals surface area (Å²) >= 11 is 0. The lowest BCUT2D eigenvalue weighted by Crippen LogP contribution is -2.23. The van der Waals surface area contributed by atoms with Crippen molar-refractivity contribution in [3.8, 4) is 6.07 Å². The number of nitrogens with one attached hydrogen (secondary N) is 1. The predicted octanol–water partition coefficient (Wildman–Crippen LogP) is 3.80. The Morgan fingerprint density at radius 2 is 2.25 bits per heavy atom. The average molecular weight is 273 g/mol. The van der Waals surface area contributed by atoms with Crippen LogP contribution in [0.2, 0.25) is 0 Å². The van der Waals surface area contributed by atoms with Crippen molar-refractivity contribution < 1.29 is 0 Å². The SMILES string of the molecule is CCNC1CCCc2cn(CCCC(C)(C)C#N)cc21. The molecule has 1 aliphatic carbocycles. The van der Waals surface area contributed by atoms with Crippen LogP contribution in [-0.4, -0.2) is 11.1 Å². The monoisotopic (exact) mass is 273 g/mol. The van der Waals surface area contributed by atoms with Crippen LogP contribution >= 0.6 is 0 Å². The molecule has 1 N–H and O–H groups in total. The van der Waals surface area contributed by atoms with Crippen LogP contribution in [0, 0.1) is 16.7 Å². The fourth-order valence-electron chi connectivity index (χ4n) is 3.10. The highest BCUT2D eigenvalue weighted by Crippen LogP contribution is 2.30. The Bertz CT molecular complexity index is 479. The maximum absolute atomic E-state index is 9.05. The van der Waals surface area contributed by atoms with Crippen molar-refractivity contribution in [2.24, 2.45) is 5.41 Å². The summed E-state index contributed by atoms with van der Waals surface area (Å²) in [5.41, 5.74) is 2.82. The number of hydrogen-bond acceptors (Lipinski definition) is 2. The average Bonchev–Trinajstić information content (AvgIpc) is 2.83. The van der Waals surface area contributed by atoms with Gasteiger partial charge in [0.2, 0.25) is 0 Å². The first kappa shape index (κ1) is 15.1. The maximum Gasteiger partial charge on any atom is 0.0683 e. The molecule has 1 aromatic rings. The van der Waals surface area contributed by atoms with Crippen molar-refractivity contribution in [2.75, 3.05) is 6.54 Å². The van der Waals surface area contributed by atoms with Crippen molar-refractivity contribution in [3.63, 3.8) is 0 Å². The summed E-state index contributed by atoms with van der Waals surface area (Å²) in [6, 6.07) is 2.92. The highest BCUT2D eigenvalue weighted by atomic mass is 15.0. The van der Waals surface area contributed by atoms with Gasteiger partial charge in [0, 0.05) is 25.0 Å². The van der Waals surface area contributed by atoms with Gasteiger partial charge in [-0.05, 0) is 63.6 Å². The zero-order chi connectivity index (χ0) is 14.6. The van der Waals surface area contributed by atoms with Gasteiger partial charge < -0.3 is 9.88 Å². The van der Waals surface area contributed by atoms with Gasteiger partial charge in [0.15, 0.2) is 0 Å². The first-order chi connectivity index (χ1) is 9.55. The summed E-state index contributed by atoms with van der Waals surface area (Å²) in [4.78, 5) is 0. The molecule has 1 aliphatic rings. The fraction of sp³-hybridized carbons (Fsp3) is 0.706. The van der Waals surface area contributed by atoms with Crippen LogP contribution in [-0.2, 0) is 13.0 Å². The summed E-state index contributed by atoms with van der Waals surface area (Å²) < 4.78 is 2.33. The summed E-state index contributed by atoms with van der Waals surface area (Å²) in [5.74, 6) is 0. The lowest BCUT2D eigenvalue weighted by Gasteiger charge is -2.22. The second kappa shape index (κ2) is 6.45. The van der Waals surface area contributed by atoms with Gasteiger partial charge >= 0.3 is 0 Å². The topological polar surface area (TPSA) is 40.8 Å². The van der Waals surface area contributed by atoms with Crippen molar-refractivity contribution >= 4 is 0 Å². The summed E-state index contributed by atoms with van der Waals surface area (Å²) in [6.45, 7) is 8.28. The Hall–Kier alpha value is -1.27. The molecule has 110 valence electrons. The van der Waals surface area contributed by atoms with Gasteiger partial charge in [-0.2, -0.15) is 5.26 Å². The van der Waals surface area contributed by atoms with Crippen molar-refractivity contribution in [1.29, 1.82) is 5.26 Å². The molecule has 0 saturated carbocycles. The van der Waals surface area contributed by atoms with E-state index in [0.29, 0.717) is 6.04 Å². The van der Waals surface area contributed by atoms with E-state index in [2.05, 4.69) is 35.3 Å². The van der Waals surface area contributed by atoms with E-state index in [-0.39, 0.29) is 5.41 Å². The first-order valence-corrected chi connectivity index (χ1v) is 7.89. The van der Waals surface area contributed by atoms with Crippen LogP contribution in [0.1, 0.15) is 63.6 Å². The van der Waals surface area contributed by atoms with Crippen LogP contribution in [0.5, 0.6) is 0 Å². The van der Waals surface area contributed by atoms with E-state index < -0.39 is 0 Å². The zero-order valence-corrected chi connectivity index (χ0v) is 13.1. The van der Waals surface area contributed by atoms with Gasteiger partial charge in [-0.1, -0.05) is 6.92 Å². The normalized spacial score (nSPS) is 18.6. The van der Waals surface area contributed by atoms with Crippen molar-refractivity contribution in [3.05, 3.63) is 23.5 Å². The summed E-state index contributed by atoms with van der Waals surface area (Å²) in [7, 11) is 0. The van der Waals surface area contributed by atoms with Crippen molar-refractivity contribution in [2.45, 2.75) is 65.5 Å². The Morgan fingerprint density at radius 3 is 2.95 bits per heavy atom. The number of nitriles is 1. The Labute approximate surface area is 123 Å². The molecule has 0 saturated heterocycles. The van der Waals surface area contributed by atoms with E-state index in [1.54, 1.807) is 0 Å². The van der Waals surface area contributed by atoms with E-state index in [1.807, 2.05) is 13.8 Å². The molecule has 1 unspecified atom stereocenters. The van der Waals surface area contributed by atoms with Crippen LogP contribution in [0.4, 0.5) is 0 Å². The number of nitrogens with zero attached hydrogens (tertiary/aromatic N) is 2. The Balaban J connectivity index is 1.96. The van der Waals surface area contributed by atoms with E-state index in [0.717, 1.165) is 25.9 Å². The Kier molecular flexibility index (Phi) is 4.88. The fourth-order valence-corrected chi connectivity index (χ4v) is 3.10. The summed E-state index contributed by atoms with van der Waals surface area (Å²) in [6.07, 6.45) is 10.4. The minimum Gasteiger partial charge on any atom is -0.354 e. The van der Waals surface area contributed by atoms with Crippen LogP contribution in [0.25, 0.3) is 0 Å². The minimum absolute atomic E-state index is 0.195. The van der Waals surface area contributed by atoms with E-state index in [4.69, 9.17) is 5.26 Å². The van der Waals surface area contributed by atoms with Crippen LogP contribution < -0.4 is 5.32 Å². The Morgan fingerprint density at radius 1 is 1.45 bits per heavy atom. The quantitative estimate of drug-likeness (QED) is 0.856. The second-order valence-electron chi connectivity index (χ2n) is 6.58. The molecule has 20 heavy (non-hydrogen) atoms. The molecule has 0 fully saturated rings. The molecule has 1 atom stereocenters. The molecule has 3 nitrogen and oxygen atoms in total. The third kappa shape index (κ3) is 3.64. The van der Waals surface area contributed by atoms with E-state index in [1.165, 1.54) is 30.4 Å². The molecule has 0 radical (unpaired) electrons. The molecule has 0 amide bonds. The lowest BCUT2D eigenvalue weighted by molar-refractivity contribution is 0.415. The maximum atomic E-state index is 9.05.